The predicted octanol–water partition coefficient (Wildman–Crippen LogP) is 5.82. The van der Waals surface area contributed by atoms with Crippen molar-refractivity contribution in [3.63, 3.8) is 0 Å². The number of hydrogen-bond acceptors (Lipinski definition) is 7. The van der Waals surface area contributed by atoms with Gasteiger partial charge in [-0.15, -0.1) is 10.2 Å². The summed E-state index contributed by atoms with van der Waals surface area (Å²) in [4.78, 5) is 16.0. The molecular formula is C19H17F2N3O3S. The summed E-state index contributed by atoms with van der Waals surface area (Å²) in [7, 11) is 0.500. The lowest BCUT2D eigenvalue weighted by Crippen LogP contribution is -2.08. The average Bonchev–Trinajstić information content (AvgIpc) is 3.17. The number of aromatic hydroxyl groups is 1. The number of carbonyl (C=O) groups is 1. The molecule has 0 aliphatic rings. The molecule has 0 atom stereocenters. The molecule has 1 N–H and O–H groups in total. The van der Waals surface area contributed by atoms with Gasteiger partial charge in [-0.3, -0.25) is 4.39 Å². The van der Waals surface area contributed by atoms with Crippen molar-refractivity contribution in [3.8, 4) is 11.5 Å². The molecule has 0 spiro atoms. The van der Waals surface area contributed by atoms with Gasteiger partial charge in [0.1, 0.15) is 5.75 Å². The fraction of sp³-hybridized carbons (Fsp3) is 0.158. The molecule has 0 aliphatic carbocycles. The number of azo groups is 1. The first-order valence-corrected chi connectivity index (χ1v) is 8.78. The summed E-state index contributed by atoms with van der Waals surface area (Å²) in [5, 5.41) is 18.3. The van der Waals surface area contributed by atoms with E-state index in [1.807, 2.05) is 0 Å². The minimum Gasteiger partial charge on any atom is -0.507 e. The number of hydrogen-bond donors (Lipinski definition) is 1. The number of phenolic OH excluding ortho intramolecular Hbond substituents is 1. The fourth-order valence-electron chi connectivity index (χ4n) is 2.18. The van der Waals surface area contributed by atoms with Crippen molar-refractivity contribution < 1.29 is 23.4 Å². The van der Waals surface area contributed by atoms with Crippen molar-refractivity contribution in [1.29, 1.82) is 0 Å². The third kappa shape index (κ3) is 5.17. The number of rotatable bonds is 4. The zero-order valence-corrected chi connectivity index (χ0v) is 16.1. The number of ether oxygens (including phenoxy) is 1. The molecule has 0 fully saturated rings. The monoisotopic (exact) mass is 405 g/mol. The highest BCUT2D eigenvalue weighted by Gasteiger charge is 2.15. The Bertz CT molecular complexity index is 983. The second kappa shape index (κ2) is 9.65. The van der Waals surface area contributed by atoms with Gasteiger partial charge in [-0.05, 0) is 49.2 Å². The van der Waals surface area contributed by atoms with Crippen molar-refractivity contribution >= 4 is 28.0 Å². The third-order valence-corrected chi connectivity index (χ3v) is 4.31. The molecule has 0 amide bonds. The van der Waals surface area contributed by atoms with E-state index in [0.717, 1.165) is 11.3 Å². The zero-order valence-electron chi connectivity index (χ0n) is 15.3. The van der Waals surface area contributed by atoms with Gasteiger partial charge in [-0.25, -0.2) is 14.2 Å². The molecule has 2 aromatic carbocycles. The van der Waals surface area contributed by atoms with Gasteiger partial charge in [0.25, 0.3) is 0 Å². The zero-order chi connectivity index (χ0) is 20.7. The smallest absolute Gasteiger partial charge is 0.373 e. The lowest BCUT2D eigenvalue weighted by Gasteiger charge is -2.03. The summed E-state index contributed by atoms with van der Waals surface area (Å²) in [5.41, 5.74) is 1.96. The van der Waals surface area contributed by atoms with Crippen molar-refractivity contribution in [1.82, 2.24) is 4.98 Å². The normalized spacial score (nSPS) is 10.5. The summed E-state index contributed by atoms with van der Waals surface area (Å²) < 4.78 is 28.0. The number of halogens is 2. The van der Waals surface area contributed by atoms with Gasteiger partial charge >= 0.3 is 5.97 Å². The van der Waals surface area contributed by atoms with Crippen LogP contribution in [0.25, 0.3) is 0 Å². The molecule has 3 rings (SSSR count). The molecule has 1 aromatic heterocycles. The van der Waals surface area contributed by atoms with E-state index in [0.29, 0.717) is 29.0 Å². The number of esters is 1. The summed E-state index contributed by atoms with van der Waals surface area (Å²) >= 11 is 0.979. The molecule has 0 aliphatic heterocycles. The second-order valence-corrected chi connectivity index (χ2v) is 6.46. The summed E-state index contributed by atoms with van der Waals surface area (Å²) in [6, 6.07) is 9.01. The largest absolute Gasteiger partial charge is 0.507 e. The van der Waals surface area contributed by atoms with Gasteiger partial charge in [-0.1, -0.05) is 23.5 Å². The minimum atomic E-state index is -0.766. The Hall–Kier alpha value is -3.20. The number of carbonyl (C=O) groups excluding carboxylic acids is 1. The van der Waals surface area contributed by atoms with Gasteiger partial charge in [0.15, 0.2) is 16.6 Å². The van der Waals surface area contributed by atoms with Crippen LogP contribution < -0.4 is 4.74 Å². The van der Waals surface area contributed by atoms with Crippen LogP contribution >= 0.6 is 11.3 Å². The Morgan fingerprint density at radius 2 is 1.79 bits per heavy atom. The molecule has 0 saturated carbocycles. The average molecular weight is 405 g/mol. The van der Waals surface area contributed by atoms with Crippen LogP contribution in [-0.2, 0) is 0 Å². The van der Waals surface area contributed by atoms with Gasteiger partial charge < -0.3 is 9.84 Å². The Labute approximate surface area is 164 Å². The van der Waals surface area contributed by atoms with Gasteiger partial charge in [0.2, 0.25) is 5.01 Å². The maximum atomic E-state index is 13.5. The lowest BCUT2D eigenvalue weighted by atomic mass is 10.1. The van der Waals surface area contributed by atoms with Crippen LogP contribution in [0.15, 0.2) is 52.8 Å². The molecule has 0 saturated heterocycles. The topological polar surface area (TPSA) is 84.1 Å². The highest BCUT2D eigenvalue weighted by molar-refractivity contribution is 7.17. The van der Waals surface area contributed by atoms with E-state index in [2.05, 4.69) is 15.2 Å². The minimum absolute atomic E-state index is 0.0419. The molecule has 0 unspecified atom stereocenters. The molecule has 0 radical (unpaired) electrons. The maximum absolute atomic E-state index is 13.5. The Morgan fingerprint density at radius 3 is 2.43 bits per heavy atom. The van der Waals surface area contributed by atoms with E-state index < -0.39 is 11.8 Å². The number of alkyl halides is 1. The van der Waals surface area contributed by atoms with E-state index in [9.17, 15) is 18.7 Å². The molecule has 3 aromatic rings. The number of para-hydroxylation sites is 1. The Morgan fingerprint density at radius 1 is 1.14 bits per heavy atom. The van der Waals surface area contributed by atoms with Crippen LogP contribution in [0.5, 0.6) is 11.5 Å². The van der Waals surface area contributed by atoms with Gasteiger partial charge in [0, 0.05) is 0 Å². The molecular weight excluding hydrogens is 388 g/mol. The van der Waals surface area contributed by atoms with Gasteiger partial charge in [-0.2, -0.15) is 0 Å². The first-order valence-electron chi connectivity index (χ1n) is 7.96. The van der Waals surface area contributed by atoms with Crippen LogP contribution in [0, 0.1) is 19.7 Å². The first-order chi connectivity index (χ1) is 13.4. The molecule has 146 valence electrons. The molecule has 1 heterocycles. The van der Waals surface area contributed by atoms with E-state index >= 15 is 0 Å². The van der Waals surface area contributed by atoms with E-state index in [1.165, 1.54) is 24.4 Å². The van der Waals surface area contributed by atoms with Crippen molar-refractivity contribution in [2.75, 3.05) is 7.18 Å². The van der Waals surface area contributed by atoms with Gasteiger partial charge in [0.05, 0.1) is 19.1 Å². The summed E-state index contributed by atoms with van der Waals surface area (Å²) in [6.45, 7) is 3.54. The predicted molar refractivity (Wildman–Crippen MR) is 102 cm³/mol. The molecule has 9 heteroatoms. The van der Waals surface area contributed by atoms with Crippen LogP contribution in [0.2, 0.25) is 0 Å². The number of aryl methyl sites for hydroxylation is 2. The fourth-order valence-corrected chi connectivity index (χ4v) is 2.79. The maximum Gasteiger partial charge on any atom is 0.373 e. The number of nitrogens with zero attached hydrogens (tertiary/aromatic N) is 3. The van der Waals surface area contributed by atoms with Crippen LogP contribution in [0.1, 0.15) is 20.9 Å². The third-order valence-electron chi connectivity index (χ3n) is 3.45. The van der Waals surface area contributed by atoms with E-state index in [1.54, 1.807) is 32.0 Å². The standard InChI is InChI=1S/C18H14FN3O3S.CH3F/c1-10-7-12(8-11(2)16(10)23)21-22-15-9-20-17(26-15)18(24)25-14-6-4-3-5-13(14)19;1-2/h3-9,23H,1-2H3;1H3. The Kier molecular flexibility index (Phi) is 7.28. The summed E-state index contributed by atoms with van der Waals surface area (Å²) in [5.74, 6) is -1.33. The van der Waals surface area contributed by atoms with Crippen molar-refractivity contribution in [2.24, 2.45) is 10.2 Å². The highest BCUT2D eigenvalue weighted by Crippen LogP contribution is 2.30. The number of aromatic nitrogens is 1. The SMILES string of the molecule is CF.Cc1cc(N=Nc2cnc(C(=O)Oc3ccccc3F)s2)cc(C)c1O. The van der Waals surface area contributed by atoms with Crippen molar-refractivity contribution in [2.45, 2.75) is 13.8 Å². The number of thiazole rings is 1. The lowest BCUT2D eigenvalue weighted by molar-refractivity contribution is 0.0727. The second-order valence-electron chi connectivity index (χ2n) is 5.45. The van der Waals surface area contributed by atoms with Crippen LogP contribution in [-0.4, -0.2) is 23.2 Å². The van der Waals surface area contributed by atoms with E-state index in [4.69, 9.17) is 4.74 Å². The molecule has 6 nitrogen and oxygen atoms in total. The number of benzene rings is 2. The number of phenols is 1. The quantitative estimate of drug-likeness (QED) is 0.336. The van der Waals surface area contributed by atoms with Crippen LogP contribution in [0.4, 0.5) is 19.5 Å². The van der Waals surface area contributed by atoms with Crippen molar-refractivity contribution in [3.05, 3.63) is 64.5 Å². The van der Waals surface area contributed by atoms with Crippen LogP contribution in [0.3, 0.4) is 0 Å². The molecule has 0 bridgehead atoms. The summed E-state index contributed by atoms with van der Waals surface area (Å²) in [6.07, 6.45) is 1.38. The van der Waals surface area contributed by atoms with E-state index in [-0.39, 0.29) is 16.5 Å². The first kappa shape index (κ1) is 21.1. The highest BCUT2D eigenvalue weighted by atomic mass is 32.1. The Balaban J connectivity index is 0.00000136. The molecule has 28 heavy (non-hydrogen) atoms.